The quantitative estimate of drug-likeness (QED) is 0.532. The number of rotatable bonds is 2. The molecule has 0 N–H and O–H groups in total. The topological polar surface area (TPSA) is 24.8 Å². The standard InChI is InChI=1S/C24H21ClN2O/c1-16-7-9-17(10-8-16)21-15-22-20-5-3-4-6-23(20)28-24(2,27(22)26-21)18-11-13-19(25)14-12-18/h3-14,22H,15H2,1-2H3/t22-,24+/m0/s1. The third-order valence-corrected chi connectivity index (χ3v) is 5.95. The van der Waals surface area contributed by atoms with Crippen LogP contribution in [0.3, 0.4) is 0 Å². The molecule has 0 aliphatic carbocycles. The highest BCUT2D eigenvalue weighted by Gasteiger charge is 2.48. The summed E-state index contributed by atoms with van der Waals surface area (Å²) in [5, 5.41) is 7.88. The van der Waals surface area contributed by atoms with E-state index in [4.69, 9.17) is 21.4 Å². The number of nitrogens with zero attached hydrogens (tertiary/aromatic N) is 2. The highest BCUT2D eigenvalue weighted by atomic mass is 35.5. The van der Waals surface area contributed by atoms with Gasteiger partial charge in [0.1, 0.15) is 5.75 Å². The van der Waals surface area contributed by atoms with Crippen LogP contribution >= 0.6 is 11.6 Å². The molecule has 0 bridgehead atoms. The molecule has 0 amide bonds. The predicted octanol–water partition coefficient (Wildman–Crippen LogP) is 6.06. The number of halogens is 1. The number of hydrazone groups is 1. The summed E-state index contributed by atoms with van der Waals surface area (Å²) in [6.07, 6.45) is 0.854. The highest BCUT2D eigenvalue weighted by molar-refractivity contribution is 6.30. The van der Waals surface area contributed by atoms with Crippen molar-refractivity contribution in [1.82, 2.24) is 5.01 Å². The second-order valence-corrected chi connectivity index (χ2v) is 8.04. The van der Waals surface area contributed by atoms with Gasteiger partial charge >= 0.3 is 0 Å². The average Bonchev–Trinajstić information content (AvgIpc) is 3.16. The van der Waals surface area contributed by atoms with E-state index in [0.717, 1.165) is 29.0 Å². The van der Waals surface area contributed by atoms with Crippen molar-refractivity contribution in [3.05, 3.63) is 100 Å². The number of hydrogen-bond acceptors (Lipinski definition) is 3. The van der Waals surface area contributed by atoms with Crippen molar-refractivity contribution in [3.63, 3.8) is 0 Å². The molecular formula is C24H21ClN2O. The van der Waals surface area contributed by atoms with Gasteiger partial charge in [0.2, 0.25) is 5.72 Å². The Morgan fingerprint density at radius 1 is 1.00 bits per heavy atom. The maximum absolute atomic E-state index is 6.54. The molecule has 140 valence electrons. The highest BCUT2D eigenvalue weighted by Crippen LogP contribution is 2.50. The van der Waals surface area contributed by atoms with Crippen molar-refractivity contribution in [3.8, 4) is 5.75 Å². The second kappa shape index (κ2) is 6.39. The van der Waals surface area contributed by atoms with Gasteiger partial charge in [0.25, 0.3) is 0 Å². The zero-order valence-corrected chi connectivity index (χ0v) is 16.6. The zero-order chi connectivity index (χ0) is 19.3. The first kappa shape index (κ1) is 17.3. The van der Waals surface area contributed by atoms with Crippen LogP contribution in [0.1, 0.15) is 41.6 Å². The van der Waals surface area contributed by atoms with Crippen LogP contribution in [0.5, 0.6) is 5.75 Å². The Kier molecular flexibility index (Phi) is 3.95. The number of aryl methyl sites for hydroxylation is 1. The van der Waals surface area contributed by atoms with E-state index in [9.17, 15) is 0 Å². The third-order valence-electron chi connectivity index (χ3n) is 5.70. The second-order valence-electron chi connectivity index (χ2n) is 7.61. The Balaban J connectivity index is 1.64. The number of ether oxygens (including phenoxy) is 1. The Bertz CT molecular complexity index is 1060. The molecule has 0 saturated carbocycles. The molecule has 0 radical (unpaired) electrons. The normalized spacial score (nSPS) is 22.9. The minimum absolute atomic E-state index is 0.141. The summed E-state index contributed by atoms with van der Waals surface area (Å²) in [7, 11) is 0. The van der Waals surface area contributed by atoms with Crippen molar-refractivity contribution >= 4 is 17.3 Å². The van der Waals surface area contributed by atoms with Gasteiger partial charge in [-0.15, -0.1) is 0 Å². The van der Waals surface area contributed by atoms with E-state index in [-0.39, 0.29) is 6.04 Å². The van der Waals surface area contributed by atoms with Crippen molar-refractivity contribution < 1.29 is 4.74 Å². The minimum Gasteiger partial charge on any atom is -0.462 e. The Morgan fingerprint density at radius 3 is 2.46 bits per heavy atom. The molecule has 0 aromatic heterocycles. The molecule has 3 aromatic rings. The summed E-state index contributed by atoms with van der Waals surface area (Å²) in [6.45, 7) is 4.19. The molecule has 4 heteroatoms. The van der Waals surface area contributed by atoms with E-state index in [2.05, 4.69) is 55.3 Å². The lowest BCUT2D eigenvalue weighted by Crippen LogP contribution is -2.48. The lowest BCUT2D eigenvalue weighted by molar-refractivity contribution is -0.112. The molecule has 3 aromatic carbocycles. The van der Waals surface area contributed by atoms with Crippen molar-refractivity contribution in [1.29, 1.82) is 0 Å². The van der Waals surface area contributed by atoms with Crippen LogP contribution in [-0.4, -0.2) is 10.7 Å². The van der Waals surface area contributed by atoms with Gasteiger partial charge in [-0.1, -0.05) is 71.8 Å². The molecule has 0 saturated heterocycles. The lowest BCUT2D eigenvalue weighted by atomic mass is 9.92. The fourth-order valence-corrected chi connectivity index (χ4v) is 4.25. The average molecular weight is 389 g/mol. The van der Waals surface area contributed by atoms with Gasteiger partial charge in [0.15, 0.2) is 0 Å². The SMILES string of the molecule is Cc1ccc(C2=NN3[C@@H](C2)c2ccccc2O[C@]3(C)c2ccc(Cl)cc2)cc1. The van der Waals surface area contributed by atoms with Gasteiger partial charge in [-0.05, 0) is 30.7 Å². The van der Waals surface area contributed by atoms with Crippen LogP contribution < -0.4 is 4.74 Å². The number of hydrogen-bond donors (Lipinski definition) is 0. The molecule has 3 nitrogen and oxygen atoms in total. The first-order chi connectivity index (χ1) is 13.5. The summed E-state index contributed by atoms with van der Waals surface area (Å²) in [5.74, 6) is 0.918. The van der Waals surface area contributed by atoms with Gasteiger partial charge in [-0.3, -0.25) is 0 Å². The Labute approximate surface area is 170 Å². The fraction of sp³-hybridized carbons (Fsp3) is 0.208. The summed E-state index contributed by atoms with van der Waals surface area (Å²) >= 11 is 6.12. The fourth-order valence-electron chi connectivity index (χ4n) is 4.13. The van der Waals surface area contributed by atoms with Crippen LogP contribution in [-0.2, 0) is 5.72 Å². The zero-order valence-electron chi connectivity index (χ0n) is 15.9. The summed E-state index contributed by atoms with van der Waals surface area (Å²) < 4.78 is 6.54. The molecule has 0 fully saturated rings. The lowest BCUT2D eigenvalue weighted by Gasteiger charge is -2.46. The van der Waals surface area contributed by atoms with Crippen LogP contribution in [0.2, 0.25) is 5.02 Å². The van der Waals surface area contributed by atoms with Gasteiger partial charge in [-0.25, -0.2) is 5.01 Å². The Hall–Kier alpha value is -2.78. The van der Waals surface area contributed by atoms with Crippen LogP contribution in [0.15, 0.2) is 77.9 Å². The summed E-state index contributed by atoms with van der Waals surface area (Å²) in [4.78, 5) is 0. The molecule has 0 unspecified atom stereocenters. The molecule has 2 heterocycles. The van der Waals surface area contributed by atoms with Crippen molar-refractivity contribution in [2.45, 2.75) is 32.0 Å². The molecule has 0 spiro atoms. The monoisotopic (exact) mass is 388 g/mol. The largest absolute Gasteiger partial charge is 0.462 e. The molecule has 2 aliphatic heterocycles. The number of para-hydroxylation sites is 1. The van der Waals surface area contributed by atoms with Gasteiger partial charge in [0, 0.05) is 29.5 Å². The third kappa shape index (κ3) is 2.70. The van der Waals surface area contributed by atoms with Crippen molar-refractivity contribution in [2.75, 3.05) is 0 Å². The van der Waals surface area contributed by atoms with E-state index in [1.807, 2.05) is 36.4 Å². The molecule has 2 atom stereocenters. The molecule has 5 rings (SSSR count). The summed E-state index contributed by atoms with van der Waals surface area (Å²) in [6, 6.07) is 24.8. The van der Waals surface area contributed by atoms with E-state index < -0.39 is 5.72 Å². The number of benzene rings is 3. The van der Waals surface area contributed by atoms with E-state index in [0.29, 0.717) is 5.02 Å². The Morgan fingerprint density at radius 2 is 1.71 bits per heavy atom. The number of fused-ring (bicyclic) bond motifs is 3. The molecule has 28 heavy (non-hydrogen) atoms. The first-order valence-electron chi connectivity index (χ1n) is 9.52. The maximum Gasteiger partial charge on any atom is 0.221 e. The van der Waals surface area contributed by atoms with Crippen molar-refractivity contribution in [2.24, 2.45) is 5.10 Å². The van der Waals surface area contributed by atoms with Crippen LogP contribution in [0.25, 0.3) is 0 Å². The minimum atomic E-state index is -0.698. The van der Waals surface area contributed by atoms with Gasteiger partial charge in [0.05, 0.1) is 11.8 Å². The molecule has 2 aliphatic rings. The molecular weight excluding hydrogens is 368 g/mol. The van der Waals surface area contributed by atoms with Crippen LogP contribution in [0.4, 0.5) is 0 Å². The first-order valence-corrected chi connectivity index (χ1v) is 9.90. The van der Waals surface area contributed by atoms with E-state index in [1.165, 1.54) is 11.1 Å². The van der Waals surface area contributed by atoms with Gasteiger partial charge in [-0.2, -0.15) is 5.10 Å². The summed E-state index contributed by atoms with van der Waals surface area (Å²) in [5.41, 5.74) is 5.02. The smallest absolute Gasteiger partial charge is 0.221 e. The van der Waals surface area contributed by atoms with E-state index >= 15 is 0 Å². The predicted molar refractivity (Wildman–Crippen MR) is 113 cm³/mol. The van der Waals surface area contributed by atoms with Gasteiger partial charge < -0.3 is 4.74 Å². The van der Waals surface area contributed by atoms with E-state index in [1.54, 1.807) is 0 Å². The van der Waals surface area contributed by atoms with Crippen LogP contribution in [0, 0.1) is 6.92 Å². The maximum atomic E-state index is 6.54.